The Kier molecular flexibility index (Phi) is 4.58. The molecule has 4 nitrogen and oxygen atoms in total. The summed E-state index contributed by atoms with van der Waals surface area (Å²) < 4.78 is 22.9. The third-order valence-corrected chi connectivity index (χ3v) is 5.78. The summed E-state index contributed by atoms with van der Waals surface area (Å²) >= 11 is 0. The summed E-state index contributed by atoms with van der Waals surface area (Å²) in [4.78, 5) is 2.47. The van der Waals surface area contributed by atoms with E-state index in [9.17, 15) is 8.42 Å². The monoisotopic (exact) mass is 288 g/mol. The van der Waals surface area contributed by atoms with E-state index in [4.69, 9.17) is 0 Å². The van der Waals surface area contributed by atoms with E-state index in [2.05, 4.69) is 24.1 Å². The van der Waals surface area contributed by atoms with Gasteiger partial charge < -0.3 is 5.32 Å². The Morgan fingerprint density at radius 2 is 1.95 bits per heavy atom. The zero-order valence-corrected chi connectivity index (χ0v) is 13.3. The van der Waals surface area contributed by atoms with E-state index in [1.807, 2.05) is 0 Å². The van der Waals surface area contributed by atoms with Crippen LogP contribution in [0.15, 0.2) is 0 Å². The summed E-state index contributed by atoms with van der Waals surface area (Å²) in [6.45, 7) is 7.19. The molecule has 1 saturated heterocycles. The first kappa shape index (κ1) is 15.3. The van der Waals surface area contributed by atoms with Crippen LogP contribution in [0.5, 0.6) is 0 Å². The van der Waals surface area contributed by atoms with Gasteiger partial charge in [0.05, 0.1) is 5.75 Å². The van der Waals surface area contributed by atoms with Crippen molar-refractivity contribution in [3.63, 3.8) is 0 Å². The molecule has 0 amide bonds. The van der Waals surface area contributed by atoms with Crippen molar-refractivity contribution in [2.45, 2.75) is 51.1 Å². The molecule has 19 heavy (non-hydrogen) atoms. The molecule has 1 aliphatic carbocycles. The van der Waals surface area contributed by atoms with Crippen LogP contribution in [0.25, 0.3) is 0 Å². The van der Waals surface area contributed by atoms with E-state index in [0.29, 0.717) is 24.3 Å². The highest BCUT2D eigenvalue weighted by atomic mass is 32.2. The molecule has 1 N–H and O–H groups in total. The van der Waals surface area contributed by atoms with Gasteiger partial charge in [0.2, 0.25) is 0 Å². The molecule has 1 spiro atoms. The zero-order chi connectivity index (χ0) is 14.1. The zero-order valence-electron chi connectivity index (χ0n) is 12.5. The van der Waals surface area contributed by atoms with E-state index in [1.165, 1.54) is 31.9 Å². The fourth-order valence-electron chi connectivity index (χ4n) is 3.51. The van der Waals surface area contributed by atoms with Gasteiger partial charge in [-0.1, -0.05) is 26.7 Å². The minimum atomic E-state index is -2.87. The van der Waals surface area contributed by atoms with Crippen LogP contribution >= 0.6 is 0 Å². The average molecular weight is 288 g/mol. The van der Waals surface area contributed by atoms with Crippen molar-refractivity contribution in [2.24, 2.45) is 5.92 Å². The molecular weight excluding hydrogens is 260 g/mol. The van der Waals surface area contributed by atoms with Crippen molar-refractivity contribution in [3.8, 4) is 0 Å². The van der Waals surface area contributed by atoms with E-state index in [1.54, 1.807) is 0 Å². The van der Waals surface area contributed by atoms with Gasteiger partial charge in [0.1, 0.15) is 9.84 Å². The predicted octanol–water partition coefficient (Wildman–Crippen LogP) is 1.27. The maximum Gasteiger partial charge on any atom is 0.148 e. The largest absolute Gasteiger partial charge is 0.311 e. The first-order valence-corrected chi connectivity index (χ1v) is 9.55. The Bertz CT molecular complexity index is 400. The van der Waals surface area contributed by atoms with Gasteiger partial charge in [-0.25, -0.2) is 8.42 Å². The highest BCUT2D eigenvalue weighted by Crippen LogP contribution is 2.37. The molecule has 112 valence electrons. The van der Waals surface area contributed by atoms with Crippen molar-refractivity contribution in [1.82, 2.24) is 10.2 Å². The maximum absolute atomic E-state index is 11.5. The molecule has 2 rings (SSSR count). The fraction of sp³-hybridized carbons (Fsp3) is 1.00. The summed E-state index contributed by atoms with van der Waals surface area (Å²) in [5, 5.41) is 3.69. The van der Waals surface area contributed by atoms with Gasteiger partial charge in [-0.2, -0.15) is 0 Å². The number of hydrogen-bond acceptors (Lipinski definition) is 4. The number of sulfone groups is 1. The molecule has 1 saturated carbocycles. The van der Waals surface area contributed by atoms with Crippen LogP contribution in [0, 0.1) is 5.92 Å². The second-order valence-corrected chi connectivity index (χ2v) is 9.00. The Morgan fingerprint density at radius 3 is 2.47 bits per heavy atom. The normalized spacial score (nSPS) is 28.3. The number of nitrogens with zero attached hydrogens (tertiary/aromatic N) is 1. The van der Waals surface area contributed by atoms with Gasteiger partial charge in [-0.15, -0.1) is 0 Å². The summed E-state index contributed by atoms with van der Waals surface area (Å²) in [5.41, 5.74) is 0.232. The van der Waals surface area contributed by atoms with Gasteiger partial charge in [0.15, 0.2) is 0 Å². The molecule has 1 aliphatic heterocycles. The highest BCUT2D eigenvalue weighted by Gasteiger charge is 2.43. The molecule has 2 fully saturated rings. The van der Waals surface area contributed by atoms with Gasteiger partial charge in [0.25, 0.3) is 0 Å². The van der Waals surface area contributed by atoms with Crippen molar-refractivity contribution >= 4 is 9.84 Å². The number of piperazine rings is 1. The predicted molar refractivity (Wildman–Crippen MR) is 79.1 cm³/mol. The third kappa shape index (κ3) is 3.70. The quantitative estimate of drug-likeness (QED) is 0.846. The molecule has 5 heteroatoms. The summed E-state index contributed by atoms with van der Waals surface area (Å²) in [6.07, 6.45) is 6.34. The number of nitrogens with one attached hydrogen (secondary N) is 1. The highest BCUT2D eigenvalue weighted by molar-refractivity contribution is 7.90. The first-order chi connectivity index (χ1) is 8.82. The molecule has 1 heterocycles. The van der Waals surface area contributed by atoms with Gasteiger partial charge >= 0.3 is 0 Å². The lowest BCUT2D eigenvalue weighted by Gasteiger charge is -2.49. The molecule has 0 radical (unpaired) electrons. The number of hydrogen-bond donors (Lipinski definition) is 1. The van der Waals surface area contributed by atoms with Crippen molar-refractivity contribution in [2.75, 3.05) is 31.6 Å². The van der Waals surface area contributed by atoms with Crippen LogP contribution < -0.4 is 5.32 Å². The van der Waals surface area contributed by atoms with Crippen LogP contribution in [-0.2, 0) is 9.84 Å². The lowest BCUT2D eigenvalue weighted by atomic mass is 9.88. The number of rotatable bonds is 4. The van der Waals surface area contributed by atoms with Crippen LogP contribution in [0.4, 0.5) is 0 Å². The summed E-state index contributed by atoms with van der Waals surface area (Å²) in [5.74, 6) is 0.888. The van der Waals surface area contributed by atoms with Crippen LogP contribution in [0.1, 0.15) is 39.5 Å². The van der Waals surface area contributed by atoms with Crippen molar-refractivity contribution in [1.29, 1.82) is 0 Å². The van der Waals surface area contributed by atoms with Crippen LogP contribution in [0.3, 0.4) is 0 Å². The average Bonchev–Trinajstić information content (AvgIpc) is 2.76. The minimum absolute atomic E-state index is 0.232. The standard InChI is InChI=1S/C14H28N2O2S/c1-12(2)13-10-16(8-9-19(3,17)18)14(11-15-13)6-4-5-7-14/h12-13,15H,4-11H2,1-3H3. The van der Waals surface area contributed by atoms with Crippen molar-refractivity contribution in [3.05, 3.63) is 0 Å². The topological polar surface area (TPSA) is 49.4 Å². The lowest BCUT2D eigenvalue weighted by Crippen LogP contribution is -2.65. The molecule has 2 aliphatic rings. The SMILES string of the molecule is CC(C)C1CN(CCS(C)(=O)=O)C2(CCCC2)CN1. The molecule has 1 atom stereocenters. The van der Waals surface area contributed by atoms with Gasteiger partial charge in [-0.05, 0) is 18.8 Å². The Balaban J connectivity index is 2.07. The van der Waals surface area contributed by atoms with E-state index in [0.717, 1.165) is 13.1 Å². The second kappa shape index (κ2) is 5.70. The lowest BCUT2D eigenvalue weighted by molar-refractivity contribution is 0.0386. The Morgan fingerprint density at radius 1 is 1.32 bits per heavy atom. The van der Waals surface area contributed by atoms with E-state index < -0.39 is 9.84 Å². The fourth-order valence-corrected chi connectivity index (χ4v) is 4.06. The minimum Gasteiger partial charge on any atom is -0.311 e. The smallest absolute Gasteiger partial charge is 0.148 e. The van der Waals surface area contributed by atoms with Crippen LogP contribution in [0.2, 0.25) is 0 Å². The van der Waals surface area contributed by atoms with Gasteiger partial charge in [-0.3, -0.25) is 4.90 Å². The molecule has 0 aromatic carbocycles. The Hall–Kier alpha value is -0.130. The van der Waals surface area contributed by atoms with E-state index in [-0.39, 0.29) is 5.54 Å². The second-order valence-electron chi connectivity index (χ2n) is 6.74. The molecule has 0 bridgehead atoms. The molecule has 0 aromatic heterocycles. The maximum atomic E-state index is 11.5. The molecule has 1 unspecified atom stereocenters. The van der Waals surface area contributed by atoms with Crippen LogP contribution in [-0.4, -0.2) is 56.5 Å². The first-order valence-electron chi connectivity index (χ1n) is 7.49. The van der Waals surface area contributed by atoms with E-state index >= 15 is 0 Å². The molecular formula is C14H28N2O2S. The Labute approximate surface area is 117 Å². The van der Waals surface area contributed by atoms with Gasteiger partial charge in [0, 0.05) is 37.5 Å². The summed E-state index contributed by atoms with van der Waals surface area (Å²) in [6, 6.07) is 0.491. The molecule has 0 aromatic rings. The third-order valence-electron chi connectivity index (χ3n) is 4.85. The van der Waals surface area contributed by atoms with Crippen molar-refractivity contribution < 1.29 is 8.42 Å². The summed E-state index contributed by atoms with van der Waals surface area (Å²) in [7, 11) is -2.87.